The number of aryl methyl sites for hydroxylation is 2. The fourth-order valence-electron chi connectivity index (χ4n) is 1.32. The maximum absolute atomic E-state index is 2.33. The summed E-state index contributed by atoms with van der Waals surface area (Å²) in [7, 11) is 0. The van der Waals surface area contributed by atoms with Crippen LogP contribution < -0.4 is 21.5 Å². The molecule has 0 bridgehead atoms. The van der Waals surface area contributed by atoms with Gasteiger partial charge in [0.15, 0.2) is 11.9 Å². The molecule has 0 aliphatic heterocycles. The van der Waals surface area contributed by atoms with Crippen LogP contribution in [-0.4, -0.2) is 0 Å². The lowest BCUT2D eigenvalue weighted by atomic mass is 10.2. The minimum atomic E-state index is 0. The molecule has 0 saturated heterocycles. The Morgan fingerprint density at radius 2 is 2.00 bits per heavy atom. The normalized spacial score (nSPS) is 9.46. The lowest BCUT2D eigenvalue weighted by Crippen LogP contribution is -3.00. The molecular formula is C11H18BrN. The van der Waals surface area contributed by atoms with Crippen molar-refractivity contribution < 1.29 is 21.5 Å². The summed E-state index contributed by atoms with van der Waals surface area (Å²) in [6.07, 6.45) is 4.70. The van der Waals surface area contributed by atoms with Gasteiger partial charge in [-0.15, -0.1) is 0 Å². The number of hydrogen-bond donors (Lipinski definition) is 0. The molecule has 13 heavy (non-hydrogen) atoms. The molecular weight excluding hydrogens is 226 g/mol. The molecule has 0 saturated carbocycles. The topological polar surface area (TPSA) is 3.88 Å². The molecule has 2 heteroatoms. The van der Waals surface area contributed by atoms with Gasteiger partial charge in [-0.25, -0.2) is 4.57 Å². The number of hydrogen-bond acceptors (Lipinski definition) is 0. The largest absolute Gasteiger partial charge is 1.00 e. The highest BCUT2D eigenvalue weighted by Crippen LogP contribution is 1.99. The number of pyridine rings is 1. The fraction of sp³-hybridized carbons (Fsp3) is 0.545. The first-order valence-corrected chi connectivity index (χ1v) is 4.71. The minimum absolute atomic E-state index is 0. The molecule has 74 valence electrons. The molecule has 0 amide bonds. The molecule has 1 aromatic rings. The Hall–Kier alpha value is -0.370. The SMILES string of the molecule is CCCC[n+]1cccc(C)c1C.[Br-]. The van der Waals surface area contributed by atoms with E-state index in [1.807, 2.05) is 0 Å². The van der Waals surface area contributed by atoms with Gasteiger partial charge < -0.3 is 17.0 Å². The molecule has 0 radical (unpaired) electrons. The molecule has 1 rings (SSSR count). The molecule has 1 heterocycles. The number of rotatable bonds is 3. The quantitative estimate of drug-likeness (QED) is 0.625. The zero-order valence-electron chi connectivity index (χ0n) is 8.68. The monoisotopic (exact) mass is 243 g/mol. The summed E-state index contributed by atoms with van der Waals surface area (Å²) in [6, 6.07) is 4.29. The Bertz CT molecular complexity index is 258. The van der Waals surface area contributed by atoms with Crippen LogP contribution in [0.5, 0.6) is 0 Å². The van der Waals surface area contributed by atoms with Crippen molar-refractivity contribution in [2.24, 2.45) is 0 Å². The van der Waals surface area contributed by atoms with Gasteiger partial charge in [-0.2, -0.15) is 0 Å². The van der Waals surface area contributed by atoms with Crippen LogP contribution in [0.2, 0.25) is 0 Å². The predicted molar refractivity (Wildman–Crippen MR) is 51.0 cm³/mol. The van der Waals surface area contributed by atoms with E-state index in [-0.39, 0.29) is 17.0 Å². The maximum Gasteiger partial charge on any atom is 0.181 e. The molecule has 0 N–H and O–H groups in total. The Morgan fingerprint density at radius 3 is 2.62 bits per heavy atom. The summed E-state index contributed by atoms with van der Waals surface area (Å²) in [6.45, 7) is 7.73. The Kier molecular flexibility index (Phi) is 5.97. The van der Waals surface area contributed by atoms with E-state index in [1.54, 1.807) is 0 Å². The van der Waals surface area contributed by atoms with Gasteiger partial charge in [-0.1, -0.05) is 13.3 Å². The highest BCUT2D eigenvalue weighted by Gasteiger charge is 2.05. The maximum atomic E-state index is 2.33. The van der Waals surface area contributed by atoms with Crippen LogP contribution in [0.4, 0.5) is 0 Å². The van der Waals surface area contributed by atoms with Crippen molar-refractivity contribution in [3.8, 4) is 0 Å². The van der Waals surface area contributed by atoms with Gasteiger partial charge in [0.2, 0.25) is 0 Å². The smallest absolute Gasteiger partial charge is 0.181 e. The van der Waals surface area contributed by atoms with Crippen molar-refractivity contribution in [1.29, 1.82) is 0 Å². The predicted octanol–water partition coefficient (Wildman–Crippen LogP) is -0.605. The van der Waals surface area contributed by atoms with Crippen LogP contribution in [0.1, 0.15) is 31.0 Å². The van der Waals surface area contributed by atoms with Crippen LogP contribution in [0, 0.1) is 13.8 Å². The Labute approximate surface area is 91.6 Å². The third kappa shape index (κ3) is 3.47. The van der Waals surface area contributed by atoms with Crippen molar-refractivity contribution in [3.63, 3.8) is 0 Å². The average molecular weight is 244 g/mol. The Balaban J connectivity index is 0.00000144. The van der Waals surface area contributed by atoms with Crippen LogP contribution in [0.15, 0.2) is 18.3 Å². The molecule has 0 aliphatic carbocycles. The average Bonchev–Trinajstić information content (AvgIpc) is 2.08. The van der Waals surface area contributed by atoms with Gasteiger partial charge in [0.05, 0.1) is 0 Å². The van der Waals surface area contributed by atoms with Crippen molar-refractivity contribution >= 4 is 0 Å². The van der Waals surface area contributed by atoms with Gasteiger partial charge in [0.1, 0.15) is 6.54 Å². The summed E-state index contributed by atoms with van der Waals surface area (Å²) >= 11 is 0. The molecule has 0 atom stereocenters. The third-order valence-corrected chi connectivity index (χ3v) is 2.37. The second kappa shape index (κ2) is 6.14. The van der Waals surface area contributed by atoms with Crippen molar-refractivity contribution in [2.45, 2.75) is 40.2 Å². The number of unbranched alkanes of at least 4 members (excludes halogenated alkanes) is 1. The standard InChI is InChI=1S/C11H18N.BrH/c1-4-5-8-12-9-6-7-10(2)11(12)3;/h6-7,9H,4-5,8H2,1-3H3;1H/q+1;/p-1. The van der Waals surface area contributed by atoms with Crippen LogP contribution in [0.25, 0.3) is 0 Å². The fourth-order valence-corrected chi connectivity index (χ4v) is 1.32. The number of aromatic nitrogens is 1. The summed E-state index contributed by atoms with van der Waals surface area (Å²) in [5.41, 5.74) is 2.78. The highest BCUT2D eigenvalue weighted by molar-refractivity contribution is 5.10. The van der Waals surface area contributed by atoms with Gasteiger partial charge >= 0.3 is 0 Å². The van der Waals surface area contributed by atoms with Gasteiger partial charge in [-0.05, 0) is 13.0 Å². The summed E-state index contributed by atoms with van der Waals surface area (Å²) < 4.78 is 2.33. The first kappa shape index (κ1) is 12.6. The van der Waals surface area contributed by atoms with Gasteiger partial charge in [0, 0.05) is 25.0 Å². The van der Waals surface area contributed by atoms with Crippen LogP contribution in [0.3, 0.4) is 0 Å². The zero-order valence-corrected chi connectivity index (χ0v) is 10.3. The van der Waals surface area contributed by atoms with E-state index >= 15 is 0 Å². The molecule has 0 unspecified atom stereocenters. The van der Waals surface area contributed by atoms with E-state index < -0.39 is 0 Å². The molecule has 1 nitrogen and oxygen atoms in total. The number of halogens is 1. The van der Waals surface area contributed by atoms with Crippen molar-refractivity contribution in [2.75, 3.05) is 0 Å². The van der Waals surface area contributed by atoms with E-state index in [2.05, 4.69) is 43.7 Å². The summed E-state index contributed by atoms with van der Waals surface area (Å²) in [5.74, 6) is 0. The minimum Gasteiger partial charge on any atom is -1.00 e. The molecule has 0 fully saturated rings. The third-order valence-electron chi connectivity index (χ3n) is 2.37. The first-order valence-electron chi connectivity index (χ1n) is 4.71. The highest BCUT2D eigenvalue weighted by atomic mass is 79.9. The van der Waals surface area contributed by atoms with Gasteiger partial charge in [-0.3, -0.25) is 0 Å². The van der Waals surface area contributed by atoms with Crippen LogP contribution >= 0.6 is 0 Å². The van der Waals surface area contributed by atoms with E-state index in [0.29, 0.717) is 0 Å². The summed E-state index contributed by atoms with van der Waals surface area (Å²) in [4.78, 5) is 0. The zero-order chi connectivity index (χ0) is 8.97. The van der Waals surface area contributed by atoms with Crippen molar-refractivity contribution in [1.82, 2.24) is 0 Å². The molecule has 0 spiro atoms. The molecule has 0 aromatic carbocycles. The van der Waals surface area contributed by atoms with E-state index in [0.717, 1.165) is 6.54 Å². The number of nitrogens with zero attached hydrogens (tertiary/aromatic N) is 1. The van der Waals surface area contributed by atoms with Gasteiger partial charge in [0.25, 0.3) is 0 Å². The molecule has 1 aromatic heterocycles. The molecule has 0 aliphatic rings. The summed E-state index contributed by atoms with van der Waals surface area (Å²) in [5, 5.41) is 0. The van der Waals surface area contributed by atoms with Crippen LogP contribution in [-0.2, 0) is 6.54 Å². The van der Waals surface area contributed by atoms with Crippen molar-refractivity contribution in [3.05, 3.63) is 29.6 Å². The van der Waals surface area contributed by atoms with E-state index in [4.69, 9.17) is 0 Å². The second-order valence-electron chi connectivity index (χ2n) is 3.32. The second-order valence-corrected chi connectivity index (χ2v) is 3.32. The first-order chi connectivity index (χ1) is 5.75. The van der Waals surface area contributed by atoms with E-state index in [1.165, 1.54) is 24.1 Å². The Morgan fingerprint density at radius 1 is 1.31 bits per heavy atom. The lowest BCUT2D eigenvalue weighted by Gasteiger charge is -2.00. The lowest BCUT2D eigenvalue weighted by molar-refractivity contribution is -0.703. The van der Waals surface area contributed by atoms with E-state index in [9.17, 15) is 0 Å².